The van der Waals surface area contributed by atoms with Crippen LogP contribution < -0.4 is 4.90 Å². The largest absolute Gasteiger partial charge is 0.369 e. The highest BCUT2D eigenvalue weighted by atomic mass is 15.2. The second-order valence-electron chi connectivity index (χ2n) is 6.44. The summed E-state index contributed by atoms with van der Waals surface area (Å²) in [6.45, 7) is 5.34. The van der Waals surface area contributed by atoms with Crippen molar-refractivity contribution in [3.05, 3.63) is 47.8 Å². The molecule has 3 rings (SSSR count). The van der Waals surface area contributed by atoms with Gasteiger partial charge in [-0.05, 0) is 50.0 Å². The Morgan fingerprint density at radius 2 is 2.04 bits per heavy atom. The number of aromatic nitrogens is 2. The van der Waals surface area contributed by atoms with Crippen molar-refractivity contribution in [2.45, 2.75) is 19.3 Å². The summed E-state index contributed by atoms with van der Waals surface area (Å²) in [5.41, 5.74) is 3.18. The normalized spacial score (nSPS) is 15.9. The summed E-state index contributed by atoms with van der Waals surface area (Å²) >= 11 is 0. The molecule has 0 saturated carbocycles. The van der Waals surface area contributed by atoms with Gasteiger partial charge >= 0.3 is 0 Å². The van der Waals surface area contributed by atoms with Crippen molar-refractivity contribution in [3.8, 4) is 6.07 Å². The Morgan fingerprint density at radius 3 is 2.83 bits per heavy atom. The molecule has 2 heterocycles. The van der Waals surface area contributed by atoms with Crippen LogP contribution in [0.2, 0.25) is 0 Å². The molecular weight excluding hydrogens is 298 g/mol. The summed E-state index contributed by atoms with van der Waals surface area (Å²) in [7, 11) is 1.96. The Labute approximate surface area is 144 Å². The molecule has 0 unspecified atom stereocenters. The fraction of sp³-hybridized carbons (Fsp3) is 0.474. The van der Waals surface area contributed by atoms with E-state index in [1.165, 1.54) is 12.0 Å². The smallest absolute Gasteiger partial charge is 0.101 e. The first-order valence-electron chi connectivity index (χ1n) is 8.70. The predicted molar refractivity (Wildman–Crippen MR) is 96.0 cm³/mol. The van der Waals surface area contributed by atoms with E-state index in [2.05, 4.69) is 33.2 Å². The molecule has 0 amide bonds. The fourth-order valence-electron chi connectivity index (χ4n) is 3.39. The predicted octanol–water partition coefficient (Wildman–Crippen LogP) is 2.44. The minimum absolute atomic E-state index is 0.780. The highest BCUT2D eigenvalue weighted by Crippen LogP contribution is 2.21. The molecule has 126 valence electrons. The standard InChI is InChI=1S/C19H25N5/c1-22-16-17(15-21-22)6-4-9-23-10-5-11-24(13-12-23)19-8-3-2-7-18(19)14-20/h2-3,7-8,15-16H,4-6,9-13H2,1H3. The van der Waals surface area contributed by atoms with Crippen LogP contribution in [0.25, 0.3) is 0 Å². The van der Waals surface area contributed by atoms with Gasteiger partial charge in [0.2, 0.25) is 0 Å². The molecule has 0 bridgehead atoms. The third-order valence-corrected chi connectivity index (χ3v) is 4.65. The van der Waals surface area contributed by atoms with Gasteiger partial charge in [0.05, 0.1) is 17.4 Å². The lowest BCUT2D eigenvalue weighted by molar-refractivity contribution is 0.290. The van der Waals surface area contributed by atoms with Gasteiger partial charge in [0.1, 0.15) is 6.07 Å². The number of hydrogen-bond acceptors (Lipinski definition) is 4. The molecule has 0 N–H and O–H groups in total. The third kappa shape index (κ3) is 4.15. The van der Waals surface area contributed by atoms with E-state index in [1.807, 2.05) is 36.1 Å². The molecule has 0 atom stereocenters. The van der Waals surface area contributed by atoms with Crippen molar-refractivity contribution < 1.29 is 0 Å². The highest BCUT2D eigenvalue weighted by Gasteiger charge is 2.16. The lowest BCUT2D eigenvalue weighted by atomic mass is 10.1. The van der Waals surface area contributed by atoms with Gasteiger partial charge in [0, 0.05) is 32.9 Å². The van der Waals surface area contributed by atoms with Crippen LogP contribution in [0.4, 0.5) is 5.69 Å². The van der Waals surface area contributed by atoms with E-state index in [4.69, 9.17) is 0 Å². The van der Waals surface area contributed by atoms with Crippen molar-refractivity contribution in [2.24, 2.45) is 7.05 Å². The van der Waals surface area contributed by atoms with Crippen molar-refractivity contribution in [2.75, 3.05) is 37.6 Å². The Kier molecular flexibility index (Phi) is 5.50. The Balaban J connectivity index is 1.51. The second-order valence-corrected chi connectivity index (χ2v) is 6.44. The van der Waals surface area contributed by atoms with E-state index in [9.17, 15) is 5.26 Å². The van der Waals surface area contributed by atoms with E-state index in [1.54, 1.807) is 0 Å². The maximum Gasteiger partial charge on any atom is 0.101 e. The zero-order valence-electron chi connectivity index (χ0n) is 14.4. The maximum absolute atomic E-state index is 9.30. The van der Waals surface area contributed by atoms with Crippen LogP contribution in [0.1, 0.15) is 24.0 Å². The van der Waals surface area contributed by atoms with Gasteiger partial charge in [0.25, 0.3) is 0 Å². The molecule has 0 radical (unpaired) electrons. The van der Waals surface area contributed by atoms with Gasteiger partial charge in [-0.25, -0.2) is 0 Å². The molecule has 5 heteroatoms. The number of aryl methyl sites for hydroxylation is 2. The second kappa shape index (κ2) is 7.98. The van der Waals surface area contributed by atoms with Gasteiger partial charge in [-0.15, -0.1) is 0 Å². The molecule has 0 spiro atoms. The molecule has 1 aliphatic heterocycles. The summed E-state index contributed by atoms with van der Waals surface area (Å²) in [6, 6.07) is 10.2. The number of benzene rings is 1. The molecule has 1 aromatic carbocycles. The van der Waals surface area contributed by atoms with Crippen LogP contribution in [-0.4, -0.2) is 47.4 Å². The quantitative estimate of drug-likeness (QED) is 0.848. The Morgan fingerprint density at radius 1 is 1.17 bits per heavy atom. The highest BCUT2D eigenvalue weighted by molar-refractivity contribution is 5.59. The van der Waals surface area contributed by atoms with Gasteiger partial charge in [-0.3, -0.25) is 4.68 Å². The van der Waals surface area contributed by atoms with Crippen LogP contribution in [-0.2, 0) is 13.5 Å². The van der Waals surface area contributed by atoms with Crippen LogP contribution in [0, 0.1) is 11.3 Å². The maximum atomic E-state index is 9.30. The average molecular weight is 323 g/mol. The summed E-state index contributed by atoms with van der Waals surface area (Å²) in [5.74, 6) is 0. The fourth-order valence-corrected chi connectivity index (χ4v) is 3.39. The van der Waals surface area contributed by atoms with Crippen molar-refractivity contribution in [1.82, 2.24) is 14.7 Å². The number of nitriles is 1. The van der Waals surface area contributed by atoms with Crippen molar-refractivity contribution in [3.63, 3.8) is 0 Å². The van der Waals surface area contributed by atoms with E-state index >= 15 is 0 Å². The summed E-state index contributed by atoms with van der Waals surface area (Å²) in [6.07, 6.45) is 7.46. The summed E-state index contributed by atoms with van der Waals surface area (Å²) in [5, 5.41) is 13.5. The first kappa shape index (κ1) is 16.5. The first-order valence-corrected chi connectivity index (χ1v) is 8.70. The number of nitrogens with zero attached hydrogens (tertiary/aromatic N) is 5. The SMILES string of the molecule is Cn1cc(CCCN2CCCN(c3ccccc3C#N)CC2)cn1. The van der Waals surface area contributed by atoms with Gasteiger partial charge in [-0.1, -0.05) is 12.1 Å². The lowest BCUT2D eigenvalue weighted by Gasteiger charge is -2.24. The van der Waals surface area contributed by atoms with E-state index in [0.29, 0.717) is 0 Å². The van der Waals surface area contributed by atoms with Crippen molar-refractivity contribution in [1.29, 1.82) is 5.26 Å². The van der Waals surface area contributed by atoms with Gasteiger partial charge in [0.15, 0.2) is 0 Å². The molecule has 0 aliphatic carbocycles. The van der Waals surface area contributed by atoms with E-state index in [-0.39, 0.29) is 0 Å². The van der Waals surface area contributed by atoms with E-state index < -0.39 is 0 Å². The average Bonchev–Trinajstić information content (AvgIpc) is 2.88. The molecule has 1 saturated heterocycles. The number of rotatable bonds is 5. The number of hydrogen-bond donors (Lipinski definition) is 0. The zero-order chi connectivity index (χ0) is 16.8. The minimum atomic E-state index is 0.780. The third-order valence-electron chi connectivity index (χ3n) is 4.65. The Bertz CT molecular complexity index is 700. The number of anilines is 1. The Hall–Kier alpha value is -2.32. The molecule has 2 aromatic rings. The molecule has 1 fully saturated rings. The first-order chi connectivity index (χ1) is 11.8. The lowest BCUT2D eigenvalue weighted by Crippen LogP contribution is -2.31. The topological polar surface area (TPSA) is 48.1 Å². The molecular formula is C19H25N5. The molecule has 1 aliphatic rings. The molecule has 5 nitrogen and oxygen atoms in total. The monoisotopic (exact) mass is 323 g/mol. The summed E-state index contributed by atoms with van der Waals surface area (Å²) < 4.78 is 1.87. The number of para-hydroxylation sites is 1. The van der Waals surface area contributed by atoms with Gasteiger partial charge < -0.3 is 9.80 Å². The molecule has 1 aromatic heterocycles. The minimum Gasteiger partial charge on any atom is -0.369 e. The van der Waals surface area contributed by atoms with E-state index in [0.717, 1.165) is 56.8 Å². The van der Waals surface area contributed by atoms with Crippen LogP contribution in [0.3, 0.4) is 0 Å². The van der Waals surface area contributed by atoms with Gasteiger partial charge in [-0.2, -0.15) is 10.4 Å². The van der Waals surface area contributed by atoms with Crippen LogP contribution in [0.5, 0.6) is 0 Å². The van der Waals surface area contributed by atoms with Crippen molar-refractivity contribution >= 4 is 5.69 Å². The van der Waals surface area contributed by atoms with Crippen LogP contribution >= 0.6 is 0 Å². The van der Waals surface area contributed by atoms with Crippen LogP contribution in [0.15, 0.2) is 36.7 Å². The molecule has 24 heavy (non-hydrogen) atoms. The zero-order valence-corrected chi connectivity index (χ0v) is 14.4. The summed E-state index contributed by atoms with van der Waals surface area (Å²) in [4.78, 5) is 4.91.